The molecule has 0 saturated carbocycles. The van der Waals surface area contributed by atoms with Gasteiger partial charge in [-0.3, -0.25) is 4.79 Å². The smallest absolute Gasteiger partial charge is 0.253 e. The number of nitrogens with zero attached hydrogens (tertiary/aromatic N) is 7. The molecule has 1 aliphatic heterocycles. The van der Waals surface area contributed by atoms with Crippen LogP contribution in [0, 0.1) is 13.8 Å². The molecule has 0 bridgehead atoms. The molecule has 0 aliphatic carbocycles. The predicted octanol–water partition coefficient (Wildman–Crippen LogP) is 3.19. The van der Waals surface area contributed by atoms with Gasteiger partial charge in [-0.25, -0.2) is 9.97 Å². The molecule has 0 radical (unpaired) electrons. The van der Waals surface area contributed by atoms with E-state index in [1.807, 2.05) is 62.1 Å². The van der Waals surface area contributed by atoms with Gasteiger partial charge in [-0.2, -0.15) is 4.68 Å². The Balaban J connectivity index is 1.34. The minimum Gasteiger partial charge on any atom is -0.494 e. The van der Waals surface area contributed by atoms with E-state index in [1.165, 1.54) is 0 Å². The van der Waals surface area contributed by atoms with Gasteiger partial charge < -0.3 is 14.5 Å². The van der Waals surface area contributed by atoms with Crippen LogP contribution < -0.4 is 9.64 Å². The summed E-state index contributed by atoms with van der Waals surface area (Å²) in [6.07, 6.45) is 1.54. The standard InChI is InChI=1S/C25H27N7O2/c1-4-34-21-7-5-20(6-8-21)32-24-22(28-29-32)23(26-16-27-24)30-9-11-31(12-10-30)25(33)19-14-17(2)13-18(3)15-19/h5-8,13-16H,4,9-12H2,1-3H3. The number of amides is 1. The Kier molecular flexibility index (Phi) is 5.83. The van der Waals surface area contributed by atoms with Crippen molar-refractivity contribution in [2.24, 2.45) is 0 Å². The summed E-state index contributed by atoms with van der Waals surface area (Å²) in [7, 11) is 0. The van der Waals surface area contributed by atoms with E-state index in [-0.39, 0.29) is 5.91 Å². The second kappa shape index (κ2) is 9.09. The average molecular weight is 458 g/mol. The zero-order chi connectivity index (χ0) is 23.7. The van der Waals surface area contributed by atoms with Crippen LogP contribution in [0.15, 0.2) is 48.8 Å². The van der Waals surface area contributed by atoms with Crippen molar-refractivity contribution in [3.8, 4) is 11.4 Å². The van der Waals surface area contributed by atoms with Crippen LogP contribution in [0.3, 0.4) is 0 Å². The fraction of sp³-hybridized carbons (Fsp3) is 0.320. The van der Waals surface area contributed by atoms with Crippen LogP contribution in [0.4, 0.5) is 5.82 Å². The van der Waals surface area contributed by atoms with Gasteiger partial charge in [0.05, 0.1) is 12.3 Å². The Bertz CT molecular complexity index is 1300. The highest BCUT2D eigenvalue weighted by Gasteiger charge is 2.25. The fourth-order valence-electron chi connectivity index (χ4n) is 4.39. The first-order valence-electron chi connectivity index (χ1n) is 11.5. The third-order valence-electron chi connectivity index (χ3n) is 5.95. The first-order chi connectivity index (χ1) is 16.5. The molecule has 174 valence electrons. The molecular formula is C25H27N7O2. The van der Waals surface area contributed by atoms with Crippen LogP contribution in [0.5, 0.6) is 5.75 Å². The highest BCUT2D eigenvalue weighted by molar-refractivity contribution is 5.95. The largest absolute Gasteiger partial charge is 0.494 e. The number of aryl methyl sites for hydroxylation is 2. The maximum absolute atomic E-state index is 13.0. The molecule has 9 nitrogen and oxygen atoms in total. The highest BCUT2D eigenvalue weighted by atomic mass is 16.5. The van der Waals surface area contributed by atoms with Crippen molar-refractivity contribution in [3.63, 3.8) is 0 Å². The summed E-state index contributed by atoms with van der Waals surface area (Å²) in [5.74, 6) is 1.61. The van der Waals surface area contributed by atoms with E-state index < -0.39 is 0 Å². The number of ether oxygens (including phenoxy) is 1. The van der Waals surface area contributed by atoms with E-state index in [2.05, 4.69) is 31.2 Å². The summed E-state index contributed by atoms with van der Waals surface area (Å²) in [6, 6.07) is 13.6. The van der Waals surface area contributed by atoms with Crippen molar-refractivity contribution < 1.29 is 9.53 Å². The van der Waals surface area contributed by atoms with Gasteiger partial charge in [0.25, 0.3) is 5.91 Å². The normalized spacial score (nSPS) is 14.0. The topological polar surface area (TPSA) is 89.3 Å². The Labute approximate surface area is 198 Å². The van der Waals surface area contributed by atoms with Crippen LogP contribution in [-0.4, -0.2) is 68.6 Å². The minimum atomic E-state index is 0.0701. The SMILES string of the molecule is CCOc1ccc(-n2nnc3c(N4CCN(C(=O)c5cc(C)cc(C)c5)CC4)ncnc32)cc1. The molecule has 34 heavy (non-hydrogen) atoms. The Morgan fingerprint density at radius 2 is 1.68 bits per heavy atom. The van der Waals surface area contributed by atoms with Gasteiger partial charge in [0, 0.05) is 31.7 Å². The second-order valence-corrected chi connectivity index (χ2v) is 8.45. The van der Waals surface area contributed by atoms with Gasteiger partial charge in [0.1, 0.15) is 12.1 Å². The van der Waals surface area contributed by atoms with Gasteiger partial charge in [-0.1, -0.05) is 22.4 Å². The molecule has 1 aliphatic rings. The number of fused-ring (bicyclic) bond motifs is 1. The lowest BCUT2D eigenvalue weighted by molar-refractivity contribution is 0.0746. The van der Waals surface area contributed by atoms with Crippen molar-refractivity contribution in [1.82, 2.24) is 29.9 Å². The highest BCUT2D eigenvalue weighted by Crippen LogP contribution is 2.25. The average Bonchev–Trinajstić information content (AvgIpc) is 3.28. The van der Waals surface area contributed by atoms with Crippen LogP contribution >= 0.6 is 0 Å². The number of carbonyl (C=O) groups is 1. The van der Waals surface area contributed by atoms with Gasteiger partial charge >= 0.3 is 0 Å². The molecule has 1 amide bonds. The first-order valence-corrected chi connectivity index (χ1v) is 11.5. The van der Waals surface area contributed by atoms with E-state index in [0.29, 0.717) is 43.9 Å². The van der Waals surface area contributed by atoms with E-state index in [0.717, 1.165) is 33.9 Å². The number of piperazine rings is 1. The molecule has 4 aromatic rings. The maximum atomic E-state index is 13.0. The Hall–Kier alpha value is -4.01. The summed E-state index contributed by atoms with van der Waals surface area (Å²) < 4.78 is 7.23. The van der Waals surface area contributed by atoms with Crippen LogP contribution in [-0.2, 0) is 0 Å². The van der Waals surface area contributed by atoms with E-state index >= 15 is 0 Å². The second-order valence-electron chi connectivity index (χ2n) is 8.45. The zero-order valence-corrected chi connectivity index (χ0v) is 19.6. The molecule has 5 rings (SSSR count). The quantitative estimate of drug-likeness (QED) is 0.455. The zero-order valence-electron chi connectivity index (χ0n) is 19.6. The first kappa shape index (κ1) is 21.8. The lowest BCUT2D eigenvalue weighted by Gasteiger charge is -2.35. The minimum absolute atomic E-state index is 0.0701. The molecule has 2 aromatic heterocycles. The lowest BCUT2D eigenvalue weighted by atomic mass is 10.1. The molecule has 0 N–H and O–H groups in total. The number of hydrogen-bond acceptors (Lipinski definition) is 7. The number of carbonyl (C=O) groups excluding carboxylic acids is 1. The maximum Gasteiger partial charge on any atom is 0.253 e. The van der Waals surface area contributed by atoms with Crippen molar-refractivity contribution in [3.05, 3.63) is 65.5 Å². The summed E-state index contributed by atoms with van der Waals surface area (Å²) in [5.41, 5.74) is 5.07. The van der Waals surface area contributed by atoms with Crippen molar-refractivity contribution in [2.45, 2.75) is 20.8 Å². The monoisotopic (exact) mass is 457 g/mol. The molecular weight excluding hydrogens is 430 g/mol. The fourth-order valence-corrected chi connectivity index (χ4v) is 4.39. The van der Waals surface area contributed by atoms with E-state index in [1.54, 1.807) is 11.0 Å². The van der Waals surface area contributed by atoms with Crippen molar-refractivity contribution in [2.75, 3.05) is 37.7 Å². The molecule has 1 saturated heterocycles. The van der Waals surface area contributed by atoms with Crippen molar-refractivity contribution in [1.29, 1.82) is 0 Å². The van der Waals surface area contributed by atoms with Gasteiger partial charge in [-0.05, 0) is 57.2 Å². The molecule has 0 unspecified atom stereocenters. The van der Waals surface area contributed by atoms with E-state index in [4.69, 9.17) is 4.74 Å². The molecule has 2 aromatic carbocycles. The van der Waals surface area contributed by atoms with Gasteiger partial charge in [0.15, 0.2) is 17.0 Å². The van der Waals surface area contributed by atoms with Crippen LogP contribution in [0.1, 0.15) is 28.4 Å². The summed E-state index contributed by atoms with van der Waals surface area (Å²) >= 11 is 0. The molecule has 1 fully saturated rings. The molecule has 3 heterocycles. The van der Waals surface area contributed by atoms with Gasteiger partial charge in [0.2, 0.25) is 0 Å². The third-order valence-corrected chi connectivity index (χ3v) is 5.95. The number of anilines is 1. The summed E-state index contributed by atoms with van der Waals surface area (Å²) in [4.78, 5) is 26.0. The number of aromatic nitrogens is 5. The molecule has 9 heteroatoms. The van der Waals surface area contributed by atoms with Gasteiger partial charge in [-0.15, -0.1) is 5.10 Å². The number of hydrogen-bond donors (Lipinski definition) is 0. The van der Waals surface area contributed by atoms with Crippen molar-refractivity contribution >= 4 is 22.9 Å². The summed E-state index contributed by atoms with van der Waals surface area (Å²) in [6.45, 7) is 9.17. The Morgan fingerprint density at radius 3 is 2.35 bits per heavy atom. The lowest BCUT2D eigenvalue weighted by Crippen LogP contribution is -2.49. The predicted molar refractivity (Wildman–Crippen MR) is 130 cm³/mol. The number of benzene rings is 2. The van der Waals surface area contributed by atoms with Crippen LogP contribution in [0.2, 0.25) is 0 Å². The Morgan fingerprint density at radius 1 is 0.971 bits per heavy atom. The third kappa shape index (κ3) is 4.16. The van der Waals surface area contributed by atoms with Crippen LogP contribution in [0.25, 0.3) is 16.9 Å². The molecule has 0 atom stereocenters. The molecule has 0 spiro atoms. The summed E-state index contributed by atoms with van der Waals surface area (Å²) in [5, 5.41) is 8.71. The number of rotatable bonds is 5. The van der Waals surface area contributed by atoms with E-state index in [9.17, 15) is 4.79 Å².